The van der Waals surface area contributed by atoms with Crippen molar-refractivity contribution >= 4 is 40.7 Å². The summed E-state index contributed by atoms with van der Waals surface area (Å²) in [4.78, 5) is 36.2. The largest absolute Gasteiger partial charge is 0.496 e. The number of methoxy groups -OCH3 is 1. The first-order valence-corrected chi connectivity index (χ1v) is 16.9. The van der Waals surface area contributed by atoms with Gasteiger partial charge in [0.15, 0.2) is 5.82 Å². The first kappa shape index (κ1) is 34.8. The average molecular weight is 713 g/mol. The summed E-state index contributed by atoms with van der Waals surface area (Å²) in [6.45, 7) is 2.33. The van der Waals surface area contributed by atoms with Gasteiger partial charge in [-0.3, -0.25) is 23.9 Å². The van der Waals surface area contributed by atoms with Crippen molar-refractivity contribution < 1.29 is 23.1 Å². The predicted molar refractivity (Wildman–Crippen MR) is 185 cm³/mol. The summed E-state index contributed by atoms with van der Waals surface area (Å²) in [5.41, 5.74) is 4.33. The zero-order chi connectivity index (χ0) is 34.7. The molecule has 2 aliphatic heterocycles. The summed E-state index contributed by atoms with van der Waals surface area (Å²) in [7, 11) is 3.28. The molecule has 1 fully saturated rings. The number of hydrogen-bond acceptors (Lipinski definition) is 7. The maximum Gasteiger partial charge on any atom is 0.291 e. The highest BCUT2D eigenvalue weighted by Gasteiger charge is 2.26. The van der Waals surface area contributed by atoms with E-state index in [0.29, 0.717) is 78.3 Å². The number of nitrogens with one attached hydrogen (secondary N) is 3. The van der Waals surface area contributed by atoms with Crippen molar-refractivity contribution in [2.45, 2.75) is 44.8 Å². The zero-order valence-electron chi connectivity index (χ0n) is 27.2. The Morgan fingerprint density at radius 3 is 2.73 bits per heavy atom. The van der Waals surface area contributed by atoms with Crippen molar-refractivity contribution in [3.63, 3.8) is 0 Å². The second kappa shape index (κ2) is 15.2. The molecule has 0 radical (unpaired) electrons. The number of amides is 2. The number of anilines is 1. The third kappa shape index (κ3) is 7.42. The van der Waals surface area contributed by atoms with Crippen LogP contribution in [-0.2, 0) is 31.4 Å². The van der Waals surface area contributed by atoms with E-state index in [-0.39, 0.29) is 41.0 Å². The number of carbonyl (C=O) groups excluding carboxylic acids is 2. The normalized spacial score (nSPS) is 16.0. The van der Waals surface area contributed by atoms with E-state index in [1.807, 2.05) is 7.05 Å². The van der Waals surface area contributed by atoms with E-state index in [2.05, 4.69) is 30.8 Å². The van der Waals surface area contributed by atoms with E-state index in [4.69, 9.17) is 27.9 Å². The third-order valence-electron chi connectivity index (χ3n) is 9.00. The highest BCUT2D eigenvalue weighted by Crippen LogP contribution is 2.41. The first-order valence-electron chi connectivity index (χ1n) is 16.1. The number of rotatable bonds is 12. The molecule has 3 N–H and O–H groups in total. The standard InChI is InChI=1S/C35H37Cl2F2N7O3/c1-45-28-10-14-46(13-4-11-38)19-27(28)43-34(45)35(48)44-26-6-3-5-22(31(26)36)23-9-12-41-33(32(23)37)20-15-25(39)24(29(16-20)49-2)18-40-17-21-7-8-30(47)42-21/h3,5-6,9,12,15-16,21,40H,4,7-8,10-11,13-14,17-19H2,1-2H3,(H,42,47)(H,44,48). The van der Waals surface area contributed by atoms with E-state index < -0.39 is 11.7 Å². The molecule has 2 amide bonds. The molecule has 0 bridgehead atoms. The molecule has 6 rings (SSSR count). The summed E-state index contributed by atoms with van der Waals surface area (Å²) in [5, 5.41) is 9.48. The number of carbonyl (C=O) groups is 2. The number of ether oxygens (including phenoxy) is 1. The minimum absolute atomic E-state index is 0.0107. The molecule has 1 unspecified atom stereocenters. The van der Waals surface area contributed by atoms with Crippen molar-refractivity contribution in [1.29, 1.82) is 0 Å². The molecule has 258 valence electrons. The van der Waals surface area contributed by atoms with Gasteiger partial charge in [-0.15, -0.1) is 0 Å². The van der Waals surface area contributed by atoms with Gasteiger partial charge in [-0.25, -0.2) is 9.37 Å². The molecule has 1 atom stereocenters. The number of hydrogen-bond donors (Lipinski definition) is 3. The van der Waals surface area contributed by atoms with Crippen molar-refractivity contribution in [2.24, 2.45) is 7.05 Å². The van der Waals surface area contributed by atoms with Crippen LogP contribution in [0.5, 0.6) is 5.75 Å². The van der Waals surface area contributed by atoms with Crippen molar-refractivity contribution in [1.82, 2.24) is 30.1 Å². The zero-order valence-corrected chi connectivity index (χ0v) is 28.7. The SMILES string of the molecule is COc1cc(-c2nccc(-c3cccc(NC(=O)c4nc5c(n4C)CCN(CCCF)C5)c3Cl)c2Cl)cc(F)c1CNCC1CCC(=O)N1. The van der Waals surface area contributed by atoms with Crippen LogP contribution in [0.15, 0.2) is 42.6 Å². The minimum Gasteiger partial charge on any atom is -0.496 e. The fourth-order valence-corrected chi connectivity index (χ4v) is 7.03. The van der Waals surface area contributed by atoms with Crippen LogP contribution < -0.4 is 20.7 Å². The summed E-state index contributed by atoms with van der Waals surface area (Å²) in [6, 6.07) is 9.97. The summed E-state index contributed by atoms with van der Waals surface area (Å²) >= 11 is 13.8. The van der Waals surface area contributed by atoms with Gasteiger partial charge in [-0.2, -0.15) is 0 Å². The minimum atomic E-state index is -0.494. The van der Waals surface area contributed by atoms with E-state index in [1.165, 1.54) is 13.2 Å². The molecule has 4 heterocycles. The number of benzene rings is 2. The predicted octanol–water partition coefficient (Wildman–Crippen LogP) is 5.94. The molecule has 49 heavy (non-hydrogen) atoms. The lowest BCUT2D eigenvalue weighted by Gasteiger charge is -2.26. The molecule has 2 aliphatic rings. The van der Waals surface area contributed by atoms with E-state index in [1.54, 1.807) is 41.1 Å². The topological polar surface area (TPSA) is 113 Å². The van der Waals surface area contributed by atoms with Crippen molar-refractivity contribution in [3.8, 4) is 28.1 Å². The lowest BCUT2D eigenvalue weighted by atomic mass is 10.0. The lowest BCUT2D eigenvalue weighted by molar-refractivity contribution is -0.119. The van der Waals surface area contributed by atoms with Gasteiger partial charge in [0.05, 0.1) is 40.9 Å². The molecule has 2 aromatic carbocycles. The second-order valence-corrected chi connectivity index (χ2v) is 12.9. The third-order valence-corrected chi connectivity index (χ3v) is 9.79. The second-order valence-electron chi connectivity index (χ2n) is 12.2. The van der Waals surface area contributed by atoms with Crippen LogP contribution in [0.3, 0.4) is 0 Å². The average Bonchev–Trinajstić information content (AvgIpc) is 3.67. The summed E-state index contributed by atoms with van der Waals surface area (Å²) in [5.74, 6) is -0.313. The van der Waals surface area contributed by atoms with E-state index in [0.717, 1.165) is 24.4 Å². The Balaban J connectivity index is 1.22. The van der Waals surface area contributed by atoms with E-state index >= 15 is 4.39 Å². The van der Waals surface area contributed by atoms with Gasteiger partial charge in [0.1, 0.15) is 11.6 Å². The Kier molecular flexibility index (Phi) is 10.8. The lowest BCUT2D eigenvalue weighted by Crippen LogP contribution is -2.35. The van der Waals surface area contributed by atoms with Crippen LogP contribution in [0.1, 0.15) is 46.8 Å². The fraction of sp³-hybridized carbons (Fsp3) is 0.371. The first-order chi connectivity index (χ1) is 23.7. The van der Waals surface area contributed by atoms with Gasteiger partial charge in [0.2, 0.25) is 5.91 Å². The number of nitrogens with zero attached hydrogens (tertiary/aromatic N) is 4. The van der Waals surface area contributed by atoms with Crippen molar-refractivity contribution in [2.75, 3.05) is 38.7 Å². The molecular weight excluding hydrogens is 675 g/mol. The molecule has 0 aliphatic carbocycles. The van der Waals surface area contributed by atoms with E-state index in [9.17, 15) is 14.0 Å². The smallest absolute Gasteiger partial charge is 0.291 e. The molecule has 0 spiro atoms. The summed E-state index contributed by atoms with van der Waals surface area (Å²) in [6.07, 6.45) is 3.97. The van der Waals surface area contributed by atoms with Crippen LogP contribution in [0.2, 0.25) is 10.0 Å². The number of aromatic nitrogens is 3. The highest BCUT2D eigenvalue weighted by atomic mass is 35.5. The molecular formula is C35H37Cl2F2N7O3. The Bertz CT molecular complexity index is 1890. The van der Waals surface area contributed by atoms with Gasteiger partial charge >= 0.3 is 0 Å². The maximum atomic E-state index is 15.5. The fourth-order valence-electron chi connectivity index (χ4n) is 6.43. The summed E-state index contributed by atoms with van der Waals surface area (Å²) < 4.78 is 35.5. The van der Waals surface area contributed by atoms with Gasteiger partial charge in [0, 0.05) is 92.8 Å². The Morgan fingerprint density at radius 2 is 1.98 bits per heavy atom. The number of pyridine rings is 1. The van der Waals surface area contributed by atoms with Crippen LogP contribution in [-0.4, -0.2) is 70.7 Å². The van der Waals surface area contributed by atoms with Crippen LogP contribution in [0.4, 0.5) is 14.5 Å². The van der Waals surface area contributed by atoms with Gasteiger partial charge in [0.25, 0.3) is 5.91 Å². The Morgan fingerprint density at radius 1 is 1.16 bits per heavy atom. The van der Waals surface area contributed by atoms with Crippen LogP contribution in [0, 0.1) is 5.82 Å². The Hall–Kier alpha value is -4.10. The Labute approximate surface area is 293 Å². The number of halogens is 4. The number of imidazole rings is 1. The molecule has 4 aromatic rings. The van der Waals surface area contributed by atoms with Gasteiger partial charge in [-0.1, -0.05) is 35.3 Å². The molecule has 10 nitrogen and oxygen atoms in total. The highest BCUT2D eigenvalue weighted by molar-refractivity contribution is 6.39. The van der Waals surface area contributed by atoms with Crippen LogP contribution >= 0.6 is 23.2 Å². The molecule has 0 saturated carbocycles. The van der Waals surface area contributed by atoms with Gasteiger partial charge in [-0.05, 0) is 37.1 Å². The molecule has 14 heteroatoms. The monoisotopic (exact) mass is 711 g/mol. The molecule has 1 saturated heterocycles. The maximum absolute atomic E-state index is 15.5. The number of fused-ring (bicyclic) bond motifs is 1. The quantitative estimate of drug-likeness (QED) is 0.167. The van der Waals surface area contributed by atoms with Crippen molar-refractivity contribution in [3.05, 3.63) is 81.2 Å². The van der Waals surface area contributed by atoms with Gasteiger partial charge < -0.3 is 25.3 Å². The van der Waals surface area contributed by atoms with Crippen LogP contribution in [0.25, 0.3) is 22.4 Å². The number of alkyl halides is 1. The molecule has 2 aromatic heterocycles.